The van der Waals surface area contributed by atoms with Gasteiger partial charge in [-0.25, -0.2) is 13.2 Å². The molecule has 0 saturated carbocycles. The highest BCUT2D eigenvalue weighted by molar-refractivity contribution is 7.93. The van der Waals surface area contributed by atoms with Gasteiger partial charge in [0.05, 0.1) is 31.0 Å². The van der Waals surface area contributed by atoms with Gasteiger partial charge in [0.1, 0.15) is 11.4 Å². The predicted octanol–water partition coefficient (Wildman–Crippen LogP) is 2.86. The molecule has 2 aromatic carbocycles. The summed E-state index contributed by atoms with van der Waals surface area (Å²) in [5.74, 6) is -2.10. The number of halogens is 3. The number of carbonyl (C=O) groups is 2. The monoisotopic (exact) mass is 431 g/mol. The van der Waals surface area contributed by atoms with E-state index in [-0.39, 0.29) is 4.31 Å². The molecule has 0 atom stereocenters. The minimum Gasteiger partial charge on any atom is -0.468 e. The van der Waals surface area contributed by atoms with Crippen molar-refractivity contribution in [1.82, 2.24) is 0 Å². The molecule has 0 heterocycles. The minimum absolute atomic E-state index is 0.253. The Balaban J connectivity index is 2.76. The molecular weight excluding hydrogens is 415 g/mol. The quantitative estimate of drug-likeness (QED) is 0.654. The number of carbonyl (C=O) groups excluding carboxylic acids is 2. The van der Waals surface area contributed by atoms with Crippen LogP contribution >= 0.6 is 0 Å². The van der Waals surface area contributed by atoms with E-state index in [0.717, 1.165) is 38.5 Å². The topological polar surface area (TPSA) is 90.0 Å². The summed E-state index contributed by atoms with van der Waals surface area (Å²) in [6.07, 6.45) is -4.90. The number of rotatable bonds is 6. The highest BCUT2D eigenvalue weighted by Crippen LogP contribution is 2.38. The molecule has 2 aromatic rings. The van der Waals surface area contributed by atoms with Gasteiger partial charge in [-0.15, -0.1) is 0 Å². The number of benzene rings is 2. The van der Waals surface area contributed by atoms with Gasteiger partial charge in [0.2, 0.25) is 0 Å². The number of hydrogen-bond donors (Lipinski definition) is 0. The molecular formula is C18H16F3NO6S. The lowest BCUT2D eigenvalue weighted by molar-refractivity contribution is -0.140. The van der Waals surface area contributed by atoms with Crippen LogP contribution in [0.4, 0.5) is 18.9 Å². The summed E-state index contributed by atoms with van der Waals surface area (Å²) >= 11 is 0. The number of sulfonamides is 1. The predicted molar refractivity (Wildman–Crippen MR) is 95.8 cm³/mol. The first-order valence-corrected chi connectivity index (χ1v) is 9.41. The zero-order valence-corrected chi connectivity index (χ0v) is 16.1. The van der Waals surface area contributed by atoms with Crippen molar-refractivity contribution in [2.45, 2.75) is 11.1 Å². The van der Waals surface area contributed by atoms with E-state index in [4.69, 9.17) is 0 Å². The normalized spacial score (nSPS) is 11.6. The summed E-state index contributed by atoms with van der Waals surface area (Å²) in [6.45, 7) is -1.04. The lowest BCUT2D eigenvalue weighted by atomic mass is 10.1. The maximum absolute atomic E-state index is 13.5. The lowest BCUT2D eigenvalue weighted by Crippen LogP contribution is -2.38. The van der Waals surface area contributed by atoms with Crippen molar-refractivity contribution in [2.75, 3.05) is 25.1 Å². The Labute approximate surface area is 164 Å². The van der Waals surface area contributed by atoms with Crippen LogP contribution in [0.2, 0.25) is 0 Å². The Bertz CT molecular complexity index is 1020. The van der Waals surface area contributed by atoms with Crippen molar-refractivity contribution in [3.63, 3.8) is 0 Å². The molecule has 7 nitrogen and oxygen atoms in total. The number of alkyl halides is 3. The molecule has 29 heavy (non-hydrogen) atoms. The summed E-state index contributed by atoms with van der Waals surface area (Å²) < 4.78 is 76.1. The molecule has 0 amide bonds. The molecule has 2 rings (SSSR count). The van der Waals surface area contributed by atoms with Crippen molar-refractivity contribution in [3.05, 3.63) is 59.7 Å². The maximum atomic E-state index is 13.5. The molecule has 0 spiro atoms. The van der Waals surface area contributed by atoms with Crippen molar-refractivity contribution >= 4 is 27.6 Å². The van der Waals surface area contributed by atoms with Gasteiger partial charge in [-0.2, -0.15) is 13.2 Å². The van der Waals surface area contributed by atoms with Crippen molar-refractivity contribution in [1.29, 1.82) is 0 Å². The lowest BCUT2D eigenvalue weighted by Gasteiger charge is -2.26. The summed E-state index contributed by atoms with van der Waals surface area (Å²) in [4.78, 5) is 23.2. The van der Waals surface area contributed by atoms with E-state index in [9.17, 15) is 31.2 Å². The van der Waals surface area contributed by atoms with Gasteiger partial charge in [0.25, 0.3) is 10.0 Å². The maximum Gasteiger partial charge on any atom is 0.418 e. The smallest absolute Gasteiger partial charge is 0.418 e. The molecule has 0 unspecified atom stereocenters. The van der Waals surface area contributed by atoms with Crippen LogP contribution in [0.1, 0.15) is 15.9 Å². The second-order valence-electron chi connectivity index (χ2n) is 5.59. The van der Waals surface area contributed by atoms with Crippen molar-refractivity contribution in [2.24, 2.45) is 0 Å². The molecule has 0 N–H and O–H groups in total. The van der Waals surface area contributed by atoms with Gasteiger partial charge in [-0.1, -0.05) is 24.3 Å². The van der Waals surface area contributed by atoms with E-state index in [0.29, 0.717) is 6.07 Å². The van der Waals surface area contributed by atoms with E-state index in [1.807, 2.05) is 0 Å². The highest BCUT2D eigenvalue weighted by Gasteiger charge is 2.39. The number of hydrogen-bond acceptors (Lipinski definition) is 6. The zero-order chi connectivity index (χ0) is 21.8. The fraction of sp³-hybridized carbons (Fsp3) is 0.222. The fourth-order valence-electron chi connectivity index (χ4n) is 2.50. The zero-order valence-electron chi connectivity index (χ0n) is 15.3. The van der Waals surface area contributed by atoms with Gasteiger partial charge in [0, 0.05) is 0 Å². The van der Waals surface area contributed by atoms with Crippen LogP contribution in [0.5, 0.6) is 0 Å². The molecule has 0 bridgehead atoms. The van der Waals surface area contributed by atoms with Crippen LogP contribution in [0.25, 0.3) is 0 Å². The molecule has 0 aliphatic rings. The fourth-order valence-corrected chi connectivity index (χ4v) is 4.11. The second-order valence-corrected chi connectivity index (χ2v) is 7.42. The standard InChI is InChI=1S/C18H16F3NO6S/c1-27-16(23)11-22(14-9-5-4-8-13(14)18(19,20)21)29(25,26)15-10-6-3-7-12(15)17(24)28-2/h3-10H,11H2,1-2H3. The third kappa shape index (κ3) is 4.67. The number of para-hydroxylation sites is 1. The van der Waals surface area contributed by atoms with Gasteiger partial charge in [0.15, 0.2) is 0 Å². The Morgan fingerprint density at radius 1 is 0.966 bits per heavy atom. The van der Waals surface area contributed by atoms with Crippen LogP contribution in [-0.2, 0) is 30.5 Å². The molecule has 156 valence electrons. The third-order valence-corrected chi connectivity index (χ3v) is 5.66. The summed E-state index contributed by atoms with van der Waals surface area (Å²) in [5.41, 5.74) is -2.46. The van der Waals surface area contributed by atoms with Crippen LogP contribution < -0.4 is 4.31 Å². The molecule has 11 heteroatoms. The Morgan fingerprint density at radius 2 is 1.55 bits per heavy atom. The summed E-state index contributed by atoms with van der Waals surface area (Å²) in [7, 11) is -2.81. The van der Waals surface area contributed by atoms with Crippen molar-refractivity contribution in [3.8, 4) is 0 Å². The first-order chi connectivity index (χ1) is 13.5. The van der Waals surface area contributed by atoms with Crippen LogP contribution in [0.15, 0.2) is 53.4 Å². The number of ether oxygens (including phenoxy) is 2. The minimum atomic E-state index is -4.90. The van der Waals surface area contributed by atoms with E-state index >= 15 is 0 Å². The van der Waals surface area contributed by atoms with E-state index < -0.39 is 56.4 Å². The average Bonchev–Trinajstić information content (AvgIpc) is 2.70. The van der Waals surface area contributed by atoms with E-state index in [1.54, 1.807) is 0 Å². The summed E-state index contributed by atoms with van der Waals surface area (Å²) in [6, 6.07) is 8.68. The molecule has 0 saturated heterocycles. The van der Waals surface area contributed by atoms with E-state index in [1.165, 1.54) is 18.2 Å². The molecule has 0 radical (unpaired) electrons. The average molecular weight is 431 g/mol. The second kappa shape index (κ2) is 8.52. The molecule has 0 aromatic heterocycles. The number of nitrogens with zero attached hydrogens (tertiary/aromatic N) is 1. The highest BCUT2D eigenvalue weighted by atomic mass is 32.2. The third-order valence-electron chi connectivity index (χ3n) is 3.84. The molecule has 0 fully saturated rings. The first-order valence-electron chi connectivity index (χ1n) is 7.97. The Morgan fingerprint density at radius 3 is 2.14 bits per heavy atom. The molecule has 0 aliphatic heterocycles. The number of anilines is 1. The van der Waals surface area contributed by atoms with Crippen LogP contribution in [0, 0.1) is 0 Å². The van der Waals surface area contributed by atoms with Gasteiger partial charge < -0.3 is 9.47 Å². The van der Waals surface area contributed by atoms with Crippen LogP contribution in [0.3, 0.4) is 0 Å². The SMILES string of the molecule is COC(=O)CN(c1ccccc1C(F)(F)F)S(=O)(=O)c1ccccc1C(=O)OC. The number of methoxy groups -OCH3 is 2. The largest absolute Gasteiger partial charge is 0.468 e. The molecule has 0 aliphatic carbocycles. The van der Waals surface area contributed by atoms with Gasteiger partial charge in [-0.05, 0) is 24.3 Å². The van der Waals surface area contributed by atoms with E-state index in [2.05, 4.69) is 9.47 Å². The first kappa shape index (κ1) is 22.2. The Hall–Kier alpha value is -3.08. The van der Waals surface area contributed by atoms with Gasteiger partial charge >= 0.3 is 18.1 Å². The van der Waals surface area contributed by atoms with Crippen LogP contribution in [-0.4, -0.2) is 41.1 Å². The summed E-state index contributed by atoms with van der Waals surface area (Å²) in [5, 5.41) is 0. The number of esters is 2. The van der Waals surface area contributed by atoms with Gasteiger partial charge in [-0.3, -0.25) is 9.10 Å². The van der Waals surface area contributed by atoms with Crippen molar-refractivity contribution < 1.29 is 40.7 Å². The Kier molecular flexibility index (Phi) is 6.52.